The average molecular weight is 345 g/mol. The molecule has 0 unspecified atom stereocenters. The van der Waals surface area contributed by atoms with Crippen molar-refractivity contribution in [3.63, 3.8) is 0 Å². The highest BCUT2D eigenvalue weighted by atomic mass is 35.5. The first kappa shape index (κ1) is 20.6. The average Bonchev–Trinajstić information content (AvgIpc) is 2.88. The van der Waals surface area contributed by atoms with Crippen LogP contribution in [0.4, 0.5) is 8.78 Å². The van der Waals surface area contributed by atoms with Crippen LogP contribution in [0.2, 0.25) is 0 Å². The molecule has 1 fully saturated rings. The molecule has 1 N–H and O–H groups in total. The van der Waals surface area contributed by atoms with Crippen LogP contribution in [0.3, 0.4) is 0 Å². The van der Waals surface area contributed by atoms with Crippen LogP contribution < -0.4 is 5.32 Å². The largest absolute Gasteiger partial charge is 0.319 e. The Hall–Kier alpha value is -0.430. The molecular weight excluding hydrogens is 321 g/mol. The first-order chi connectivity index (χ1) is 9.22. The maximum absolute atomic E-state index is 12.8. The van der Waals surface area contributed by atoms with Crippen molar-refractivity contribution in [3.05, 3.63) is 18.2 Å². The van der Waals surface area contributed by atoms with Crippen molar-refractivity contribution >= 4 is 24.8 Å². The molecule has 1 saturated heterocycles. The van der Waals surface area contributed by atoms with Gasteiger partial charge < -0.3 is 5.32 Å². The molecule has 1 aliphatic rings. The highest BCUT2D eigenvalue weighted by Crippen LogP contribution is 2.18. The van der Waals surface area contributed by atoms with Gasteiger partial charge in [0, 0.05) is 18.4 Å². The number of hydrogen-bond donors (Lipinski definition) is 1. The van der Waals surface area contributed by atoms with Crippen LogP contribution in [0.25, 0.3) is 0 Å². The molecule has 124 valence electrons. The normalized spacial score (nSPS) is 15.9. The van der Waals surface area contributed by atoms with Crippen molar-refractivity contribution in [2.75, 3.05) is 19.6 Å². The zero-order valence-electron chi connectivity index (χ0n) is 12.2. The van der Waals surface area contributed by atoms with Gasteiger partial charge in [0.05, 0.1) is 6.54 Å². The number of aromatic nitrogens is 2. The van der Waals surface area contributed by atoms with Gasteiger partial charge in [-0.15, -0.1) is 24.8 Å². The van der Waals surface area contributed by atoms with Crippen molar-refractivity contribution in [2.45, 2.75) is 45.3 Å². The molecule has 4 nitrogen and oxygen atoms in total. The number of hydrogen-bond acceptors (Lipinski definition) is 3. The molecule has 21 heavy (non-hydrogen) atoms. The Kier molecular flexibility index (Phi) is 10.1. The Labute approximate surface area is 137 Å². The summed E-state index contributed by atoms with van der Waals surface area (Å²) in [6, 6.07) is 0.476. The molecule has 0 amide bonds. The molecule has 2 heterocycles. The quantitative estimate of drug-likeness (QED) is 0.860. The molecule has 0 atom stereocenters. The van der Waals surface area contributed by atoms with Gasteiger partial charge in [-0.25, -0.2) is 4.98 Å². The third-order valence-corrected chi connectivity index (χ3v) is 3.64. The highest BCUT2D eigenvalue weighted by Gasteiger charge is 2.22. The van der Waals surface area contributed by atoms with Gasteiger partial charge in [0.2, 0.25) is 0 Å². The molecule has 0 bridgehead atoms. The second-order valence-corrected chi connectivity index (χ2v) is 4.98. The van der Waals surface area contributed by atoms with Gasteiger partial charge in [0.1, 0.15) is 5.82 Å². The van der Waals surface area contributed by atoms with Gasteiger partial charge in [-0.3, -0.25) is 9.47 Å². The predicted molar refractivity (Wildman–Crippen MR) is 84.6 cm³/mol. The lowest BCUT2D eigenvalue weighted by Gasteiger charge is -2.34. The van der Waals surface area contributed by atoms with E-state index in [0.29, 0.717) is 18.4 Å². The van der Waals surface area contributed by atoms with Crippen LogP contribution in [0.1, 0.15) is 38.6 Å². The Morgan fingerprint density at radius 3 is 2.62 bits per heavy atom. The van der Waals surface area contributed by atoms with Gasteiger partial charge in [0.25, 0.3) is 0 Å². The van der Waals surface area contributed by atoms with E-state index in [1.165, 1.54) is 12.4 Å². The summed E-state index contributed by atoms with van der Waals surface area (Å²) in [6.45, 7) is 3.07. The number of piperidine rings is 1. The molecule has 0 aliphatic carbocycles. The van der Waals surface area contributed by atoms with E-state index >= 15 is 0 Å². The molecule has 0 aromatic carbocycles. The monoisotopic (exact) mass is 344 g/mol. The van der Waals surface area contributed by atoms with Crippen molar-refractivity contribution in [1.82, 2.24) is 19.8 Å². The van der Waals surface area contributed by atoms with E-state index < -0.39 is 6.55 Å². The number of imidazole rings is 1. The summed E-state index contributed by atoms with van der Waals surface area (Å²) in [4.78, 5) is 6.37. The summed E-state index contributed by atoms with van der Waals surface area (Å²) in [5, 5.41) is 3.33. The van der Waals surface area contributed by atoms with Gasteiger partial charge in [0.15, 0.2) is 0 Å². The van der Waals surface area contributed by atoms with Crippen LogP contribution in [0.15, 0.2) is 12.4 Å². The molecule has 0 radical (unpaired) electrons. The Bertz CT molecular complexity index is 384. The highest BCUT2D eigenvalue weighted by molar-refractivity contribution is 5.85. The van der Waals surface area contributed by atoms with E-state index in [2.05, 4.69) is 22.1 Å². The third-order valence-electron chi connectivity index (χ3n) is 3.64. The zero-order valence-corrected chi connectivity index (χ0v) is 13.8. The fourth-order valence-electron chi connectivity index (χ4n) is 2.68. The van der Waals surface area contributed by atoms with E-state index in [-0.39, 0.29) is 24.8 Å². The minimum absolute atomic E-state index is 0. The Balaban J connectivity index is 0.00000200. The van der Waals surface area contributed by atoms with Crippen LogP contribution in [-0.2, 0) is 6.54 Å². The van der Waals surface area contributed by atoms with Crippen molar-refractivity contribution in [2.24, 2.45) is 0 Å². The maximum Gasteiger partial charge on any atom is 0.319 e. The van der Waals surface area contributed by atoms with Gasteiger partial charge in [-0.1, -0.05) is 6.92 Å². The number of nitrogens with one attached hydrogen (secondary N) is 1. The molecular formula is C13H24Cl2F2N4. The summed E-state index contributed by atoms with van der Waals surface area (Å²) in [7, 11) is 0. The second kappa shape index (κ2) is 10.3. The van der Waals surface area contributed by atoms with E-state index in [9.17, 15) is 8.78 Å². The van der Waals surface area contributed by atoms with Crippen LogP contribution in [0, 0.1) is 0 Å². The predicted octanol–water partition coefficient (Wildman–Crippen LogP) is 3.09. The summed E-state index contributed by atoms with van der Waals surface area (Å²) in [6.07, 6.45) is 5.99. The molecule has 0 spiro atoms. The number of rotatable bonds is 6. The van der Waals surface area contributed by atoms with E-state index in [1.807, 2.05) is 0 Å². The van der Waals surface area contributed by atoms with Gasteiger partial charge in [-0.05, 0) is 38.9 Å². The van der Waals surface area contributed by atoms with Crippen LogP contribution >= 0.6 is 24.8 Å². The minimum atomic E-state index is -2.51. The van der Waals surface area contributed by atoms with Crippen molar-refractivity contribution < 1.29 is 8.78 Å². The smallest absolute Gasteiger partial charge is 0.317 e. The van der Waals surface area contributed by atoms with Crippen molar-refractivity contribution in [3.8, 4) is 0 Å². The van der Waals surface area contributed by atoms with Crippen LogP contribution in [-0.4, -0.2) is 40.1 Å². The molecule has 1 aromatic rings. The van der Waals surface area contributed by atoms with Crippen LogP contribution in [0.5, 0.6) is 0 Å². The van der Waals surface area contributed by atoms with Gasteiger partial charge >= 0.3 is 6.55 Å². The molecule has 1 aliphatic heterocycles. The lowest BCUT2D eigenvalue weighted by Crippen LogP contribution is -2.43. The number of nitrogens with zero attached hydrogens (tertiary/aromatic N) is 3. The topological polar surface area (TPSA) is 33.1 Å². The lowest BCUT2D eigenvalue weighted by atomic mass is 10.0. The first-order valence-electron chi connectivity index (χ1n) is 6.97. The molecule has 2 rings (SSSR count). The standard InChI is InChI=1S/C13H22F2N4.2ClH/c1-2-8-18(11-3-5-16-6-4-11)10-12-17-7-9-19(12)13(14)15;;/h7,9,11,13,16H,2-6,8,10H2,1H3;2*1H. The molecule has 0 saturated carbocycles. The summed E-state index contributed by atoms with van der Waals surface area (Å²) in [5.74, 6) is 0.460. The number of alkyl halides is 2. The lowest BCUT2D eigenvalue weighted by molar-refractivity contribution is 0.0607. The molecule has 8 heteroatoms. The fourth-order valence-corrected chi connectivity index (χ4v) is 2.68. The maximum atomic E-state index is 12.8. The minimum Gasteiger partial charge on any atom is -0.317 e. The van der Waals surface area contributed by atoms with E-state index in [0.717, 1.165) is 43.5 Å². The Morgan fingerprint density at radius 1 is 1.38 bits per heavy atom. The first-order valence-corrected chi connectivity index (χ1v) is 6.97. The fraction of sp³-hybridized carbons (Fsp3) is 0.769. The Morgan fingerprint density at radius 2 is 2.05 bits per heavy atom. The summed E-state index contributed by atoms with van der Waals surface area (Å²) >= 11 is 0. The summed E-state index contributed by atoms with van der Waals surface area (Å²) < 4.78 is 26.6. The zero-order chi connectivity index (χ0) is 13.7. The summed E-state index contributed by atoms with van der Waals surface area (Å²) in [5.41, 5.74) is 0. The number of halogens is 4. The van der Waals surface area contributed by atoms with Crippen molar-refractivity contribution in [1.29, 1.82) is 0 Å². The van der Waals surface area contributed by atoms with Gasteiger partial charge in [-0.2, -0.15) is 8.78 Å². The van der Waals surface area contributed by atoms with E-state index in [4.69, 9.17) is 0 Å². The SMILES string of the molecule is CCCN(Cc1nccn1C(F)F)C1CCNCC1.Cl.Cl. The van der Waals surface area contributed by atoms with E-state index in [1.54, 1.807) is 0 Å². The second-order valence-electron chi connectivity index (χ2n) is 4.98. The third kappa shape index (κ3) is 5.70. The molecule has 1 aromatic heterocycles.